The van der Waals surface area contributed by atoms with Crippen LogP contribution in [0.1, 0.15) is 18.5 Å². The minimum atomic E-state index is -0.303. The topological polar surface area (TPSA) is 75.5 Å². The first-order chi connectivity index (χ1) is 16.1. The Balaban J connectivity index is 1.26. The molecule has 3 aromatic rings. The highest BCUT2D eigenvalue weighted by molar-refractivity contribution is 7.22. The van der Waals surface area contributed by atoms with Gasteiger partial charge < -0.3 is 15.0 Å². The summed E-state index contributed by atoms with van der Waals surface area (Å²) in [7, 11) is 0. The lowest BCUT2D eigenvalue weighted by atomic mass is 9.97. The number of ether oxygens (including phenoxy) is 1. The number of thiazole rings is 1. The van der Waals surface area contributed by atoms with Crippen molar-refractivity contribution in [2.24, 2.45) is 5.92 Å². The first kappa shape index (κ1) is 22.2. The molecule has 176 valence electrons. The summed E-state index contributed by atoms with van der Waals surface area (Å²) in [5.74, 6) is -0.227. The maximum Gasteiger partial charge on any atom is 0.224 e. The number of aromatic nitrogens is 3. The van der Waals surface area contributed by atoms with E-state index in [1.807, 2.05) is 13.0 Å². The number of hydrogen-bond acceptors (Lipinski definition) is 7. The van der Waals surface area contributed by atoms with Gasteiger partial charge in [0.15, 0.2) is 10.8 Å². The highest BCUT2D eigenvalue weighted by Crippen LogP contribution is 2.34. The molecule has 0 bridgehead atoms. The molecule has 1 aromatic carbocycles. The Kier molecular flexibility index (Phi) is 6.57. The lowest BCUT2D eigenvalue weighted by Gasteiger charge is -2.32. The van der Waals surface area contributed by atoms with Gasteiger partial charge in [0.2, 0.25) is 5.91 Å². The maximum atomic E-state index is 13.8. The minimum Gasteiger partial charge on any atom is -0.379 e. The largest absolute Gasteiger partial charge is 0.379 e. The van der Waals surface area contributed by atoms with Crippen LogP contribution in [0.4, 0.5) is 9.52 Å². The number of piperidine rings is 1. The van der Waals surface area contributed by atoms with Crippen molar-refractivity contribution in [3.8, 4) is 5.69 Å². The molecule has 2 aliphatic heterocycles. The predicted octanol–water partition coefficient (Wildman–Crippen LogP) is 2.59. The molecule has 5 rings (SSSR count). The molecule has 10 heteroatoms. The van der Waals surface area contributed by atoms with Gasteiger partial charge in [-0.1, -0.05) is 17.4 Å². The average molecular weight is 473 g/mol. The minimum absolute atomic E-state index is 0.0451. The van der Waals surface area contributed by atoms with Crippen LogP contribution in [0.25, 0.3) is 16.0 Å². The van der Waals surface area contributed by atoms with Crippen molar-refractivity contribution in [2.45, 2.75) is 19.8 Å². The van der Waals surface area contributed by atoms with Gasteiger partial charge in [0.05, 0.1) is 35.2 Å². The van der Waals surface area contributed by atoms with Crippen molar-refractivity contribution >= 4 is 32.7 Å². The SMILES string of the molecule is Cc1nn(-c2cccc(F)c2)c2nc(N3CCC[C@@H](C(=O)NCCN4CCOCC4)C3)sc12. The first-order valence-electron chi connectivity index (χ1n) is 11.5. The summed E-state index contributed by atoms with van der Waals surface area (Å²) >= 11 is 1.59. The Hall–Kier alpha value is -2.56. The number of nitrogens with zero attached hydrogens (tertiary/aromatic N) is 5. The second-order valence-electron chi connectivity index (χ2n) is 8.66. The molecular formula is C23H29FN6O2S. The van der Waals surface area contributed by atoms with Gasteiger partial charge in [0.25, 0.3) is 0 Å². The van der Waals surface area contributed by atoms with E-state index < -0.39 is 0 Å². The number of nitrogens with one attached hydrogen (secondary N) is 1. The van der Waals surface area contributed by atoms with E-state index in [2.05, 4.69) is 20.2 Å². The summed E-state index contributed by atoms with van der Waals surface area (Å²) in [5.41, 5.74) is 2.25. The van der Waals surface area contributed by atoms with Crippen LogP contribution in [0, 0.1) is 18.7 Å². The molecule has 2 aromatic heterocycles. The van der Waals surface area contributed by atoms with E-state index in [9.17, 15) is 9.18 Å². The molecule has 0 saturated carbocycles. The molecule has 8 nitrogen and oxygen atoms in total. The van der Waals surface area contributed by atoms with Crippen LogP contribution in [-0.2, 0) is 9.53 Å². The van der Waals surface area contributed by atoms with Gasteiger partial charge in [0, 0.05) is 39.3 Å². The fraction of sp³-hybridized carbons (Fsp3) is 0.522. The monoisotopic (exact) mass is 472 g/mol. The molecule has 1 amide bonds. The summed E-state index contributed by atoms with van der Waals surface area (Å²) < 4.78 is 21.8. The van der Waals surface area contributed by atoms with Crippen LogP contribution < -0.4 is 10.2 Å². The van der Waals surface area contributed by atoms with Crippen molar-refractivity contribution in [1.29, 1.82) is 0 Å². The second-order valence-corrected chi connectivity index (χ2v) is 9.63. The molecule has 33 heavy (non-hydrogen) atoms. The fourth-order valence-corrected chi connectivity index (χ4v) is 5.54. The predicted molar refractivity (Wildman–Crippen MR) is 127 cm³/mol. The van der Waals surface area contributed by atoms with E-state index in [1.54, 1.807) is 22.1 Å². The molecule has 4 heterocycles. The molecular weight excluding hydrogens is 443 g/mol. The van der Waals surface area contributed by atoms with Crippen LogP contribution in [0.5, 0.6) is 0 Å². The van der Waals surface area contributed by atoms with Crippen molar-refractivity contribution in [3.63, 3.8) is 0 Å². The van der Waals surface area contributed by atoms with Gasteiger partial charge in [-0.05, 0) is 38.0 Å². The third-order valence-corrected chi connectivity index (χ3v) is 7.54. The fourth-order valence-electron chi connectivity index (χ4n) is 4.52. The number of morpholine rings is 1. The molecule has 1 N–H and O–H groups in total. The van der Waals surface area contributed by atoms with E-state index in [1.165, 1.54) is 12.1 Å². The summed E-state index contributed by atoms with van der Waals surface area (Å²) in [6, 6.07) is 6.38. The van der Waals surface area contributed by atoms with Crippen molar-refractivity contribution < 1.29 is 13.9 Å². The van der Waals surface area contributed by atoms with Crippen LogP contribution in [-0.4, -0.2) is 78.1 Å². The Morgan fingerprint density at radius 3 is 2.97 bits per heavy atom. The van der Waals surface area contributed by atoms with Crippen LogP contribution in [0.15, 0.2) is 24.3 Å². The maximum absolute atomic E-state index is 13.8. The third-order valence-electron chi connectivity index (χ3n) is 6.32. The summed E-state index contributed by atoms with van der Waals surface area (Å²) in [5, 5.41) is 8.58. The number of amides is 1. The van der Waals surface area contributed by atoms with E-state index in [0.717, 1.165) is 73.4 Å². The second kappa shape index (κ2) is 9.74. The molecule has 0 aliphatic carbocycles. The Morgan fingerprint density at radius 2 is 2.15 bits per heavy atom. The number of fused-ring (bicyclic) bond motifs is 1. The van der Waals surface area contributed by atoms with Crippen LogP contribution in [0.3, 0.4) is 0 Å². The Bertz CT molecular complexity index is 1130. The zero-order valence-corrected chi connectivity index (χ0v) is 19.6. The number of carbonyl (C=O) groups is 1. The molecule has 2 aliphatic rings. The lowest BCUT2D eigenvalue weighted by molar-refractivity contribution is -0.125. The highest BCUT2D eigenvalue weighted by atomic mass is 32.1. The van der Waals surface area contributed by atoms with E-state index >= 15 is 0 Å². The standard InChI is InChI=1S/C23H29FN6O2S/c1-16-20-21(30(27-16)19-6-2-5-18(24)14-19)26-23(33-20)29-8-3-4-17(15-29)22(31)25-7-9-28-10-12-32-13-11-28/h2,5-6,14,17H,3-4,7-13,15H2,1H3,(H,25,31)/t17-/m1/s1. The van der Waals surface area contributed by atoms with Gasteiger partial charge in [0.1, 0.15) is 5.82 Å². The molecule has 2 saturated heterocycles. The lowest BCUT2D eigenvalue weighted by Crippen LogP contribution is -2.46. The summed E-state index contributed by atoms with van der Waals surface area (Å²) in [6.45, 7) is 8.40. The Morgan fingerprint density at radius 1 is 1.30 bits per heavy atom. The number of halogens is 1. The summed E-state index contributed by atoms with van der Waals surface area (Å²) in [4.78, 5) is 22.2. The molecule has 0 unspecified atom stereocenters. The normalized spacial score (nSPS) is 19.8. The van der Waals surface area contributed by atoms with Gasteiger partial charge in [-0.3, -0.25) is 9.69 Å². The number of benzene rings is 1. The molecule has 0 radical (unpaired) electrons. The molecule has 1 atom stereocenters. The molecule has 2 fully saturated rings. The zero-order chi connectivity index (χ0) is 22.8. The molecule has 0 spiro atoms. The van der Waals surface area contributed by atoms with E-state index in [0.29, 0.717) is 18.8 Å². The summed E-state index contributed by atoms with van der Waals surface area (Å²) in [6.07, 6.45) is 1.84. The van der Waals surface area contributed by atoms with E-state index in [4.69, 9.17) is 9.72 Å². The van der Waals surface area contributed by atoms with Crippen molar-refractivity contribution in [1.82, 2.24) is 25.0 Å². The van der Waals surface area contributed by atoms with Crippen molar-refractivity contribution in [2.75, 3.05) is 57.4 Å². The van der Waals surface area contributed by atoms with Gasteiger partial charge in [-0.15, -0.1) is 0 Å². The van der Waals surface area contributed by atoms with Crippen molar-refractivity contribution in [3.05, 3.63) is 35.8 Å². The first-order valence-corrected chi connectivity index (χ1v) is 12.3. The number of aryl methyl sites for hydroxylation is 1. The van der Waals surface area contributed by atoms with Gasteiger partial charge in [-0.25, -0.2) is 9.07 Å². The quantitative estimate of drug-likeness (QED) is 0.595. The van der Waals surface area contributed by atoms with E-state index in [-0.39, 0.29) is 17.6 Å². The smallest absolute Gasteiger partial charge is 0.224 e. The zero-order valence-electron chi connectivity index (χ0n) is 18.8. The number of anilines is 1. The number of hydrogen-bond donors (Lipinski definition) is 1. The van der Waals surface area contributed by atoms with Gasteiger partial charge in [-0.2, -0.15) is 10.1 Å². The van der Waals surface area contributed by atoms with Crippen LogP contribution >= 0.6 is 11.3 Å². The number of carbonyl (C=O) groups excluding carboxylic acids is 1. The average Bonchev–Trinajstić information content (AvgIpc) is 3.40. The van der Waals surface area contributed by atoms with Gasteiger partial charge >= 0.3 is 0 Å². The highest BCUT2D eigenvalue weighted by Gasteiger charge is 2.28. The van der Waals surface area contributed by atoms with Crippen LogP contribution in [0.2, 0.25) is 0 Å². The third kappa shape index (κ3) is 4.87. The number of rotatable bonds is 6. The Labute approximate surface area is 196 Å².